The molecule has 1 N–H and O–H groups in total. The van der Waals surface area contributed by atoms with Gasteiger partial charge in [0.2, 0.25) is 0 Å². The second-order valence-electron chi connectivity index (χ2n) is 5.01. The van der Waals surface area contributed by atoms with E-state index in [-0.39, 0.29) is 17.5 Å². The molecule has 1 atom stereocenters. The lowest BCUT2D eigenvalue weighted by atomic mass is 10.1. The first-order chi connectivity index (χ1) is 9.49. The molecule has 20 heavy (non-hydrogen) atoms. The molecule has 2 aliphatic heterocycles. The number of hydrogen-bond donors (Lipinski definition) is 1. The Labute approximate surface area is 130 Å². The van der Waals surface area contributed by atoms with Gasteiger partial charge in [-0.15, -0.1) is 11.3 Å². The molecule has 1 aromatic rings. The fourth-order valence-electron chi connectivity index (χ4n) is 2.28. The van der Waals surface area contributed by atoms with Crippen molar-refractivity contribution in [2.45, 2.75) is 18.5 Å². The lowest BCUT2D eigenvalue weighted by Gasteiger charge is -2.26. The molecule has 1 unspecified atom stereocenters. The minimum atomic E-state index is -0.231. The summed E-state index contributed by atoms with van der Waals surface area (Å²) in [6.45, 7) is 3.08. The highest BCUT2D eigenvalue weighted by Crippen LogP contribution is 2.22. The van der Waals surface area contributed by atoms with E-state index in [9.17, 15) is 4.79 Å². The van der Waals surface area contributed by atoms with Gasteiger partial charge in [-0.1, -0.05) is 23.2 Å². The van der Waals surface area contributed by atoms with Gasteiger partial charge in [0.1, 0.15) is 10.4 Å². The first-order valence-corrected chi connectivity index (χ1v) is 7.87. The van der Waals surface area contributed by atoms with Gasteiger partial charge >= 0.3 is 0 Å². The van der Waals surface area contributed by atoms with Gasteiger partial charge in [0.05, 0.1) is 28.8 Å². The van der Waals surface area contributed by atoms with Crippen LogP contribution in [0.4, 0.5) is 0 Å². The molecule has 1 amide bonds. The molecule has 2 aliphatic rings. The van der Waals surface area contributed by atoms with Crippen LogP contribution in [-0.2, 0) is 4.74 Å². The zero-order chi connectivity index (χ0) is 14.4. The van der Waals surface area contributed by atoms with Crippen LogP contribution in [0.15, 0.2) is 0 Å². The number of amides is 1. The predicted molar refractivity (Wildman–Crippen MR) is 81.6 cm³/mol. The van der Waals surface area contributed by atoms with Crippen LogP contribution in [0.5, 0.6) is 0 Å². The molecule has 0 aromatic carbocycles. The number of alkyl halides is 1. The van der Waals surface area contributed by atoms with Gasteiger partial charge in [-0.3, -0.25) is 4.79 Å². The van der Waals surface area contributed by atoms with E-state index >= 15 is 0 Å². The van der Waals surface area contributed by atoms with Crippen molar-refractivity contribution in [3.8, 4) is 0 Å². The maximum atomic E-state index is 12.2. The molecule has 3 rings (SSSR count). The standard InChI is InChI=1S/C13H14Cl2N2O2S/c1-6-9-8(3-17(2)12(6)15)20-11(10(9)14)13(18)16-7-4-19-5-7/h3,7,12H,4-5H2,1-2H3,(H,16,18). The third-order valence-electron chi connectivity index (χ3n) is 3.49. The van der Waals surface area contributed by atoms with Crippen molar-refractivity contribution in [1.29, 1.82) is 0 Å². The van der Waals surface area contributed by atoms with Crippen LogP contribution in [0.25, 0.3) is 11.8 Å². The Morgan fingerprint density at radius 2 is 2.25 bits per heavy atom. The molecule has 0 radical (unpaired) electrons. The Bertz CT molecular complexity index is 681. The zero-order valence-electron chi connectivity index (χ0n) is 11.1. The topological polar surface area (TPSA) is 41.6 Å². The third-order valence-corrected chi connectivity index (χ3v) is 5.74. The Morgan fingerprint density at radius 1 is 1.55 bits per heavy atom. The molecule has 0 spiro atoms. The second-order valence-corrected chi connectivity index (χ2v) is 6.85. The van der Waals surface area contributed by atoms with Gasteiger partial charge in [0.15, 0.2) is 0 Å². The van der Waals surface area contributed by atoms with Gasteiger partial charge in [-0.2, -0.15) is 0 Å². The van der Waals surface area contributed by atoms with E-state index in [1.165, 1.54) is 11.3 Å². The number of nitrogens with one attached hydrogen (secondary N) is 1. The van der Waals surface area contributed by atoms with Crippen LogP contribution < -0.4 is 15.1 Å². The third kappa shape index (κ3) is 2.22. The molecule has 3 heterocycles. The fraction of sp³-hybridized carbons (Fsp3) is 0.462. The highest BCUT2D eigenvalue weighted by Gasteiger charge is 2.26. The van der Waals surface area contributed by atoms with Crippen LogP contribution in [0.3, 0.4) is 0 Å². The molecule has 1 fully saturated rings. The average Bonchev–Trinajstić information content (AvgIpc) is 2.68. The lowest BCUT2D eigenvalue weighted by molar-refractivity contribution is -0.00338. The molecule has 0 bridgehead atoms. The predicted octanol–water partition coefficient (Wildman–Crippen LogP) is 0.949. The number of thiophene rings is 1. The Hall–Kier alpha value is -0.750. The maximum Gasteiger partial charge on any atom is 0.263 e. The Balaban J connectivity index is 2.03. The van der Waals surface area contributed by atoms with Gasteiger partial charge in [0, 0.05) is 18.5 Å². The molecular weight excluding hydrogens is 319 g/mol. The molecule has 108 valence electrons. The van der Waals surface area contributed by atoms with Crippen LogP contribution >= 0.6 is 34.5 Å². The second kappa shape index (κ2) is 5.22. The molecule has 4 nitrogen and oxygen atoms in total. The van der Waals surface area contributed by atoms with E-state index in [0.717, 1.165) is 15.3 Å². The van der Waals surface area contributed by atoms with Crippen molar-refractivity contribution < 1.29 is 9.53 Å². The SMILES string of the molecule is CC1=c2c(Cl)c(C(=O)NC3COC3)sc2=CN(C)C1Cl. The van der Waals surface area contributed by atoms with Crippen molar-refractivity contribution in [3.05, 3.63) is 19.7 Å². The first kappa shape index (κ1) is 14.2. The summed E-state index contributed by atoms with van der Waals surface area (Å²) in [6.07, 6.45) is 1.93. The van der Waals surface area contributed by atoms with Gasteiger partial charge < -0.3 is 15.0 Å². The van der Waals surface area contributed by atoms with E-state index in [4.69, 9.17) is 27.9 Å². The van der Waals surface area contributed by atoms with E-state index in [2.05, 4.69) is 5.32 Å². The lowest BCUT2D eigenvalue weighted by Crippen LogP contribution is -2.48. The summed E-state index contributed by atoms with van der Waals surface area (Å²) >= 11 is 14.1. The Morgan fingerprint density at radius 3 is 2.85 bits per heavy atom. The highest BCUT2D eigenvalue weighted by molar-refractivity contribution is 7.12. The van der Waals surface area contributed by atoms with E-state index < -0.39 is 0 Å². The number of carbonyl (C=O) groups is 1. The van der Waals surface area contributed by atoms with Crippen molar-refractivity contribution in [3.63, 3.8) is 0 Å². The quantitative estimate of drug-likeness (QED) is 0.647. The van der Waals surface area contributed by atoms with Crippen LogP contribution in [0.1, 0.15) is 16.6 Å². The molecule has 1 saturated heterocycles. The van der Waals surface area contributed by atoms with Crippen LogP contribution in [0.2, 0.25) is 5.02 Å². The van der Waals surface area contributed by atoms with E-state index in [1.54, 1.807) is 0 Å². The summed E-state index contributed by atoms with van der Waals surface area (Å²) in [5.41, 5.74) is 0.740. The monoisotopic (exact) mass is 332 g/mol. The smallest absolute Gasteiger partial charge is 0.263 e. The first-order valence-electron chi connectivity index (χ1n) is 6.24. The Kier molecular flexibility index (Phi) is 3.71. The van der Waals surface area contributed by atoms with Crippen molar-refractivity contribution >= 4 is 52.2 Å². The van der Waals surface area contributed by atoms with Crippen LogP contribution in [0, 0.1) is 0 Å². The minimum Gasteiger partial charge on any atom is -0.377 e. The van der Waals surface area contributed by atoms with E-state index in [1.807, 2.05) is 25.1 Å². The minimum absolute atomic E-state index is 0.0928. The molecule has 1 aromatic heterocycles. The number of rotatable bonds is 2. The van der Waals surface area contributed by atoms with Crippen molar-refractivity contribution in [2.75, 3.05) is 20.3 Å². The number of hydrogen-bond acceptors (Lipinski definition) is 4. The van der Waals surface area contributed by atoms with Gasteiger partial charge in [0.25, 0.3) is 5.91 Å². The summed E-state index contributed by atoms with van der Waals surface area (Å²) in [5, 5.41) is 4.30. The molecule has 0 aliphatic carbocycles. The molecule has 0 saturated carbocycles. The summed E-state index contributed by atoms with van der Waals surface area (Å²) in [4.78, 5) is 14.7. The van der Waals surface area contributed by atoms with Crippen LogP contribution in [-0.4, -0.2) is 42.6 Å². The largest absolute Gasteiger partial charge is 0.377 e. The molecular formula is C13H14Cl2N2O2S. The summed E-state index contributed by atoms with van der Waals surface area (Å²) in [6, 6.07) is 0.0928. The summed E-state index contributed by atoms with van der Waals surface area (Å²) in [7, 11) is 1.91. The molecule has 7 heteroatoms. The zero-order valence-corrected chi connectivity index (χ0v) is 13.4. The van der Waals surface area contributed by atoms with Gasteiger partial charge in [-0.05, 0) is 12.5 Å². The maximum absolute atomic E-state index is 12.2. The number of ether oxygens (including phenoxy) is 1. The summed E-state index contributed by atoms with van der Waals surface area (Å²) < 4.78 is 6.02. The summed E-state index contributed by atoms with van der Waals surface area (Å²) in [5.74, 6) is -0.141. The van der Waals surface area contributed by atoms with Crippen molar-refractivity contribution in [1.82, 2.24) is 10.2 Å². The number of nitrogens with zero attached hydrogens (tertiary/aromatic N) is 1. The fourth-order valence-corrected chi connectivity index (χ4v) is 4.10. The average molecular weight is 333 g/mol. The highest BCUT2D eigenvalue weighted by atomic mass is 35.5. The number of halogens is 2. The van der Waals surface area contributed by atoms with E-state index in [0.29, 0.717) is 23.1 Å². The number of fused-ring (bicyclic) bond motifs is 1. The van der Waals surface area contributed by atoms with Crippen molar-refractivity contribution in [2.24, 2.45) is 0 Å². The normalized spacial score (nSPS) is 22.1. The number of carbonyl (C=O) groups excluding carboxylic acids is 1. The van der Waals surface area contributed by atoms with Gasteiger partial charge in [-0.25, -0.2) is 0 Å².